The Morgan fingerprint density at radius 1 is 1.53 bits per heavy atom. The average Bonchev–Trinajstić information content (AvgIpc) is 2.79. The lowest BCUT2D eigenvalue weighted by Gasteiger charge is -2.14. The normalized spacial score (nSPS) is 27.4. The molecule has 2 atom stereocenters. The molecule has 2 N–H and O–H groups in total. The summed E-state index contributed by atoms with van der Waals surface area (Å²) >= 11 is 1.67. The molecule has 0 amide bonds. The lowest BCUT2D eigenvalue weighted by atomic mass is 10.2. The van der Waals surface area contributed by atoms with Gasteiger partial charge in [0.1, 0.15) is 0 Å². The maximum absolute atomic E-state index is 11.3. The zero-order valence-corrected chi connectivity index (χ0v) is 11.4. The molecule has 2 heterocycles. The molecule has 1 aliphatic heterocycles. The van der Waals surface area contributed by atoms with Crippen molar-refractivity contribution in [2.45, 2.75) is 32.0 Å². The Kier molecular flexibility index (Phi) is 3.87. The van der Waals surface area contributed by atoms with Gasteiger partial charge in [0, 0.05) is 17.5 Å². The van der Waals surface area contributed by atoms with Crippen molar-refractivity contribution in [1.82, 2.24) is 5.32 Å². The molecule has 1 aromatic rings. The summed E-state index contributed by atoms with van der Waals surface area (Å²) in [5.41, 5.74) is 1.29. The molecule has 2 rings (SSSR count). The van der Waals surface area contributed by atoms with E-state index in [0.29, 0.717) is 6.54 Å². The maximum Gasteiger partial charge on any atom is 0.154 e. The molecule has 0 radical (unpaired) electrons. The Hall–Kier alpha value is -0.430. The first kappa shape index (κ1) is 13.0. The van der Waals surface area contributed by atoms with Crippen molar-refractivity contribution in [2.75, 3.05) is 11.5 Å². The van der Waals surface area contributed by atoms with Crippen LogP contribution in [-0.4, -0.2) is 37.2 Å². The smallest absolute Gasteiger partial charge is 0.154 e. The fourth-order valence-electron chi connectivity index (χ4n) is 2.08. The van der Waals surface area contributed by atoms with Crippen LogP contribution in [0.4, 0.5) is 0 Å². The molecule has 1 aliphatic rings. The fourth-order valence-corrected chi connectivity index (χ4v) is 4.79. The number of nitrogens with one attached hydrogen (secondary N) is 1. The lowest BCUT2D eigenvalue weighted by molar-refractivity contribution is 0.165. The third-order valence-electron chi connectivity index (χ3n) is 3.07. The van der Waals surface area contributed by atoms with Crippen molar-refractivity contribution < 1.29 is 13.5 Å². The van der Waals surface area contributed by atoms with Gasteiger partial charge in [0.05, 0.1) is 17.6 Å². The molecule has 0 bridgehead atoms. The van der Waals surface area contributed by atoms with Crippen LogP contribution in [0.15, 0.2) is 11.4 Å². The zero-order chi connectivity index (χ0) is 12.5. The second-order valence-corrected chi connectivity index (χ2v) is 7.51. The van der Waals surface area contributed by atoms with E-state index in [2.05, 4.69) is 18.3 Å². The number of hydrogen-bond donors (Lipinski definition) is 2. The van der Waals surface area contributed by atoms with E-state index in [0.717, 1.165) is 6.42 Å². The minimum absolute atomic E-state index is 0.0427. The van der Waals surface area contributed by atoms with Crippen molar-refractivity contribution in [2.24, 2.45) is 0 Å². The second-order valence-electron chi connectivity index (χ2n) is 4.35. The van der Waals surface area contributed by atoms with Crippen LogP contribution < -0.4 is 5.32 Å². The van der Waals surface area contributed by atoms with Gasteiger partial charge in [-0.3, -0.25) is 0 Å². The van der Waals surface area contributed by atoms with Crippen LogP contribution in [0.25, 0.3) is 0 Å². The van der Waals surface area contributed by atoms with Crippen LogP contribution in [0, 0.1) is 0 Å². The summed E-state index contributed by atoms with van der Waals surface area (Å²) < 4.78 is 22.7. The van der Waals surface area contributed by atoms with E-state index in [1.165, 1.54) is 10.4 Å². The average molecular weight is 275 g/mol. The molecule has 2 unspecified atom stereocenters. The van der Waals surface area contributed by atoms with E-state index in [9.17, 15) is 13.5 Å². The third-order valence-corrected chi connectivity index (χ3v) is 5.75. The molecule has 6 heteroatoms. The van der Waals surface area contributed by atoms with E-state index < -0.39 is 15.9 Å². The first-order valence-corrected chi connectivity index (χ1v) is 8.39. The molecule has 1 saturated heterocycles. The largest absolute Gasteiger partial charge is 0.390 e. The number of aliphatic hydroxyl groups is 1. The molecule has 0 saturated carbocycles. The number of hydrogen-bond acceptors (Lipinski definition) is 5. The maximum atomic E-state index is 11.3. The Balaban J connectivity index is 1.95. The van der Waals surface area contributed by atoms with Crippen LogP contribution in [0.5, 0.6) is 0 Å². The van der Waals surface area contributed by atoms with Crippen molar-refractivity contribution in [1.29, 1.82) is 0 Å². The molecule has 0 aromatic carbocycles. The van der Waals surface area contributed by atoms with Crippen LogP contribution in [0.1, 0.15) is 17.4 Å². The van der Waals surface area contributed by atoms with Gasteiger partial charge in [-0.1, -0.05) is 6.92 Å². The summed E-state index contributed by atoms with van der Waals surface area (Å²) in [4.78, 5) is 1.23. The molecule has 17 heavy (non-hydrogen) atoms. The van der Waals surface area contributed by atoms with Crippen LogP contribution in [0.2, 0.25) is 0 Å². The van der Waals surface area contributed by atoms with Crippen molar-refractivity contribution in [3.05, 3.63) is 21.9 Å². The number of rotatable bonds is 4. The number of sulfone groups is 1. The van der Waals surface area contributed by atoms with Gasteiger partial charge in [0.15, 0.2) is 9.84 Å². The molecule has 96 valence electrons. The van der Waals surface area contributed by atoms with Crippen molar-refractivity contribution >= 4 is 21.2 Å². The molecule has 1 fully saturated rings. The number of aryl methyl sites for hydroxylation is 1. The third kappa shape index (κ3) is 3.07. The van der Waals surface area contributed by atoms with Crippen LogP contribution >= 0.6 is 11.3 Å². The van der Waals surface area contributed by atoms with E-state index in [1.807, 2.05) is 5.38 Å². The Bertz CT molecular complexity index is 481. The topological polar surface area (TPSA) is 66.4 Å². The number of thiophene rings is 1. The van der Waals surface area contributed by atoms with Gasteiger partial charge in [-0.05, 0) is 23.4 Å². The van der Waals surface area contributed by atoms with Gasteiger partial charge in [0.25, 0.3) is 0 Å². The monoisotopic (exact) mass is 275 g/mol. The fraction of sp³-hybridized carbons (Fsp3) is 0.636. The standard InChI is InChI=1S/C11H17NO3S2/c1-2-8-3-4-16-11(8)5-12-9-6-17(14,15)7-10(9)13/h3-4,9-10,12-13H,2,5-7H2,1H3. The van der Waals surface area contributed by atoms with E-state index in [1.54, 1.807) is 11.3 Å². The van der Waals surface area contributed by atoms with Crippen molar-refractivity contribution in [3.8, 4) is 0 Å². The van der Waals surface area contributed by atoms with Crippen LogP contribution in [-0.2, 0) is 22.8 Å². The molecule has 0 aliphatic carbocycles. The molecule has 4 nitrogen and oxygen atoms in total. The van der Waals surface area contributed by atoms with Gasteiger partial charge in [-0.2, -0.15) is 0 Å². The first-order valence-electron chi connectivity index (χ1n) is 5.69. The van der Waals surface area contributed by atoms with Crippen molar-refractivity contribution in [3.63, 3.8) is 0 Å². The Labute approximate surface area is 106 Å². The SMILES string of the molecule is CCc1ccsc1CNC1CS(=O)(=O)CC1O. The molecule has 1 aromatic heterocycles. The summed E-state index contributed by atoms with van der Waals surface area (Å²) in [6, 6.07) is 1.76. The highest BCUT2D eigenvalue weighted by molar-refractivity contribution is 7.91. The summed E-state index contributed by atoms with van der Waals surface area (Å²) in [6.45, 7) is 2.73. The predicted molar refractivity (Wildman–Crippen MR) is 69.0 cm³/mol. The van der Waals surface area contributed by atoms with Gasteiger partial charge < -0.3 is 10.4 Å². The predicted octanol–water partition coefficient (Wildman–Crippen LogP) is 0.558. The highest BCUT2D eigenvalue weighted by atomic mass is 32.2. The quantitative estimate of drug-likeness (QED) is 0.842. The van der Waals surface area contributed by atoms with Gasteiger partial charge >= 0.3 is 0 Å². The molecular weight excluding hydrogens is 258 g/mol. The van der Waals surface area contributed by atoms with E-state index in [4.69, 9.17) is 0 Å². The van der Waals surface area contributed by atoms with Crippen LogP contribution in [0.3, 0.4) is 0 Å². The number of aliphatic hydroxyl groups excluding tert-OH is 1. The highest BCUT2D eigenvalue weighted by Crippen LogP contribution is 2.19. The highest BCUT2D eigenvalue weighted by Gasteiger charge is 2.35. The summed E-state index contributed by atoms with van der Waals surface area (Å²) in [7, 11) is -3.06. The second kappa shape index (κ2) is 5.06. The van der Waals surface area contributed by atoms with E-state index >= 15 is 0 Å². The van der Waals surface area contributed by atoms with Gasteiger partial charge in [0.2, 0.25) is 0 Å². The summed E-state index contributed by atoms with van der Waals surface area (Å²) in [6.07, 6.45) is 0.205. The summed E-state index contributed by atoms with van der Waals surface area (Å²) in [5.74, 6) is -0.0727. The summed E-state index contributed by atoms with van der Waals surface area (Å²) in [5, 5.41) is 14.8. The van der Waals surface area contributed by atoms with E-state index in [-0.39, 0.29) is 17.5 Å². The minimum atomic E-state index is -3.06. The molecular formula is C11H17NO3S2. The lowest BCUT2D eigenvalue weighted by Crippen LogP contribution is -2.38. The Morgan fingerprint density at radius 2 is 2.29 bits per heavy atom. The first-order chi connectivity index (χ1) is 8.02. The van der Waals surface area contributed by atoms with Gasteiger partial charge in [-0.25, -0.2) is 8.42 Å². The zero-order valence-electron chi connectivity index (χ0n) is 9.72. The van der Waals surface area contributed by atoms with Gasteiger partial charge in [-0.15, -0.1) is 11.3 Å². The Morgan fingerprint density at radius 3 is 2.88 bits per heavy atom. The minimum Gasteiger partial charge on any atom is -0.390 e. The molecule has 0 spiro atoms.